The van der Waals surface area contributed by atoms with Crippen molar-refractivity contribution in [2.75, 3.05) is 32.8 Å². The Bertz CT molecular complexity index is 297. The van der Waals surface area contributed by atoms with Crippen LogP contribution < -0.4 is 5.32 Å². The Balaban J connectivity index is 1.54. The van der Waals surface area contributed by atoms with E-state index < -0.39 is 0 Å². The molecule has 102 valence electrons. The molecule has 18 heavy (non-hydrogen) atoms. The SMILES string of the molecule is O=C(C1CCC2(CCNCC2)CO1)N1CCCC1. The minimum atomic E-state index is -0.149. The maximum absolute atomic E-state index is 12.3. The van der Waals surface area contributed by atoms with Gasteiger partial charge in [-0.2, -0.15) is 0 Å². The molecule has 3 fully saturated rings. The molecule has 0 bridgehead atoms. The molecular formula is C14H24N2O2. The number of carbonyl (C=O) groups is 1. The van der Waals surface area contributed by atoms with Crippen molar-refractivity contribution in [1.82, 2.24) is 10.2 Å². The van der Waals surface area contributed by atoms with Crippen LogP contribution in [-0.2, 0) is 9.53 Å². The summed E-state index contributed by atoms with van der Waals surface area (Å²) >= 11 is 0. The van der Waals surface area contributed by atoms with Crippen molar-refractivity contribution in [3.63, 3.8) is 0 Å². The van der Waals surface area contributed by atoms with Gasteiger partial charge in [-0.05, 0) is 57.0 Å². The molecule has 0 radical (unpaired) electrons. The monoisotopic (exact) mass is 252 g/mol. The second kappa shape index (κ2) is 5.17. The normalized spacial score (nSPS) is 31.8. The molecule has 0 saturated carbocycles. The number of hydrogen-bond donors (Lipinski definition) is 1. The standard InChI is InChI=1S/C14H24N2O2/c17-13(16-9-1-2-10-16)12-3-4-14(11-18-12)5-7-15-8-6-14/h12,15H,1-11H2. The highest BCUT2D eigenvalue weighted by Gasteiger charge is 2.40. The molecule has 3 rings (SSSR count). The topological polar surface area (TPSA) is 41.6 Å². The van der Waals surface area contributed by atoms with Crippen molar-refractivity contribution in [2.24, 2.45) is 5.41 Å². The van der Waals surface area contributed by atoms with Crippen LogP contribution in [0.25, 0.3) is 0 Å². The Hall–Kier alpha value is -0.610. The van der Waals surface area contributed by atoms with Crippen LogP contribution in [-0.4, -0.2) is 49.7 Å². The molecular weight excluding hydrogens is 228 g/mol. The number of carbonyl (C=O) groups excluding carboxylic acids is 1. The van der Waals surface area contributed by atoms with Crippen molar-refractivity contribution >= 4 is 5.91 Å². The molecule has 0 aromatic heterocycles. The molecule has 1 amide bonds. The Morgan fingerprint density at radius 3 is 2.50 bits per heavy atom. The maximum atomic E-state index is 12.3. The van der Waals surface area contributed by atoms with Crippen LogP contribution in [0.5, 0.6) is 0 Å². The third kappa shape index (κ3) is 2.41. The average Bonchev–Trinajstić information content (AvgIpc) is 2.94. The summed E-state index contributed by atoms with van der Waals surface area (Å²) in [6.45, 7) is 4.88. The first kappa shape index (κ1) is 12.4. The minimum absolute atomic E-state index is 0.149. The molecule has 3 saturated heterocycles. The van der Waals surface area contributed by atoms with Gasteiger partial charge in [0.1, 0.15) is 6.10 Å². The fraction of sp³-hybridized carbons (Fsp3) is 0.929. The lowest BCUT2D eigenvalue weighted by atomic mass is 9.74. The minimum Gasteiger partial charge on any atom is -0.368 e. The highest BCUT2D eigenvalue weighted by Crippen LogP contribution is 2.39. The third-order valence-electron chi connectivity index (χ3n) is 4.88. The molecule has 0 aromatic rings. The van der Waals surface area contributed by atoms with E-state index >= 15 is 0 Å². The van der Waals surface area contributed by atoms with Crippen LogP contribution in [0.1, 0.15) is 38.5 Å². The summed E-state index contributed by atoms with van der Waals surface area (Å²) < 4.78 is 5.93. The molecule has 1 spiro atoms. The Labute approximate surface area is 109 Å². The molecule has 1 unspecified atom stereocenters. The van der Waals surface area contributed by atoms with Crippen LogP contribution >= 0.6 is 0 Å². The first-order chi connectivity index (χ1) is 8.79. The van der Waals surface area contributed by atoms with Gasteiger partial charge in [-0.1, -0.05) is 0 Å². The number of rotatable bonds is 1. The molecule has 4 nitrogen and oxygen atoms in total. The second-order valence-electron chi connectivity index (χ2n) is 6.12. The molecule has 0 aromatic carbocycles. The highest BCUT2D eigenvalue weighted by molar-refractivity contribution is 5.81. The van der Waals surface area contributed by atoms with Crippen LogP contribution in [0.3, 0.4) is 0 Å². The van der Waals surface area contributed by atoms with Crippen LogP contribution in [0.15, 0.2) is 0 Å². The summed E-state index contributed by atoms with van der Waals surface area (Å²) in [5, 5.41) is 3.40. The molecule has 3 aliphatic rings. The number of piperidine rings is 1. The van der Waals surface area contributed by atoms with Crippen molar-refractivity contribution < 1.29 is 9.53 Å². The van der Waals surface area contributed by atoms with Gasteiger partial charge in [0.2, 0.25) is 0 Å². The van der Waals surface area contributed by atoms with Crippen molar-refractivity contribution in [1.29, 1.82) is 0 Å². The molecule has 1 atom stereocenters. The predicted octanol–water partition coefficient (Wildman–Crippen LogP) is 1.16. The molecule has 3 aliphatic heterocycles. The number of ether oxygens (including phenoxy) is 1. The van der Waals surface area contributed by atoms with Gasteiger partial charge in [-0.25, -0.2) is 0 Å². The zero-order chi connectivity index (χ0) is 12.4. The Kier molecular flexibility index (Phi) is 3.57. The van der Waals surface area contributed by atoms with Gasteiger partial charge >= 0.3 is 0 Å². The summed E-state index contributed by atoms with van der Waals surface area (Å²) in [5.41, 5.74) is 0.368. The van der Waals surface area contributed by atoms with Crippen molar-refractivity contribution in [3.05, 3.63) is 0 Å². The molecule has 1 N–H and O–H groups in total. The average molecular weight is 252 g/mol. The zero-order valence-corrected chi connectivity index (χ0v) is 11.1. The van der Waals surface area contributed by atoms with Crippen LogP contribution in [0, 0.1) is 5.41 Å². The number of nitrogens with zero attached hydrogens (tertiary/aromatic N) is 1. The van der Waals surface area contributed by atoms with E-state index in [0.29, 0.717) is 5.41 Å². The van der Waals surface area contributed by atoms with E-state index in [1.54, 1.807) is 0 Å². The predicted molar refractivity (Wildman–Crippen MR) is 69.3 cm³/mol. The van der Waals surface area contributed by atoms with Gasteiger partial charge in [0.15, 0.2) is 0 Å². The smallest absolute Gasteiger partial charge is 0.251 e. The van der Waals surface area contributed by atoms with E-state index in [9.17, 15) is 4.79 Å². The van der Waals surface area contributed by atoms with Gasteiger partial charge in [-0.15, -0.1) is 0 Å². The summed E-state index contributed by atoms with van der Waals surface area (Å²) in [5.74, 6) is 0.247. The molecule has 4 heteroatoms. The molecule has 3 heterocycles. The maximum Gasteiger partial charge on any atom is 0.251 e. The van der Waals surface area contributed by atoms with E-state index in [2.05, 4.69) is 5.32 Å². The summed E-state index contributed by atoms with van der Waals surface area (Å²) in [6, 6.07) is 0. The lowest BCUT2D eigenvalue weighted by Crippen LogP contribution is -2.48. The van der Waals surface area contributed by atoms with Gasteiger partial charge in [0, 0.05) is 13.1 Å². The fourth-order valence-corrected chi connectivity index (χ4v) is 3.56. The zero-order valence-electron chi connectivity index (χ0n) is 11.1. The Morgan fingerprint density at radius 2 is 1.89 bits per heavy atom. The first-order valence-electron chi connectivity index (χ1n) is 7.40. The largest absolute Gasteiger partial charge is 0.368 e. The number of likely N-dealkylation sites (tertiary alicyclic amines) is 1. The van der Waals surface area contributed by atoms with E-state index in [1.807, 2.05) is 4.90 Å². The van der Waals surface area contributed by atoms with Crippen LogP contribution in [0.2, 0.25) is 0 Å². The molecule has 0 aliphatic carbocycles. The quantitative estimate of drug-likeness (QED) is 0.761. The number of nitrogens with one attached hydrogen (secondary N) is 1. The van der Waals surface area contributed by atoms with E-state index in [0.717, 1.165) is 52.0 Å². The summed E-state index contributed by atoms with van der Waals surface area (Å²) in [6.07, 6.45) is 6.68. The first-order valence-corrected chi connectivity index (χ1v) is 7.40. The fourth-order valence-electron chi connectivity index (χ4n) is 3.56. The van der Waals surface area contributed by atoms with E-state index in [4.69, 9.17) is 4.74 Å². The lowest BCUT2D eigenvalue weighted by Gasteiger charge is -2.43. The van der Waals surface area contributed by atoms with E-state index in [1.165, 1.54) is 19.3 Å². The van der Waals surface area contributed by atoms with Crippen molar-refractivity contribution in [3.8, 4) is 0 Å². The van der Waals surface area contributed by atoms with Gasteiger partial charge in [0.05, 0.1) is 6.61 Å². The second-order valence-corrected chi connectivity index (χ2v) is 6.12. The Morgan fingerprint density at radius 1 is 1.17 bits per heavy atom. The van der Waals surface area contributed by atoms with E-state index in [-0.39, 0.29) is 12.0 Å². The lowest BCUT2D eigenvalue weighted by molar-refractivity contribution is -0.153. The summed E-state index contributed by atoms with van der Waals surface area (Å²) in [4.78, 5) is 14.3. The van der Waals surface area contributed by atoms with Crippen molar-refractivity contribution in [2.45, 2.75) is 44.6 Å². The highest BCUT2D eigenvalue weighted by atomic mass is 16.5. The van der Waals surface area contributed by atoms with Crippen LogP contribution in [0.4, 0.5) is 0 Å². The van der Waals surface area contributed by atoms with Gasteiger partial charge in [-0.3, -0.25) is 4.79 Å². The number of hydrogen-bond acceptors (Lipinski definition) is 3. The van der Waals surface area contributed by atoms with Gasteiger partial charge in [0.25, 0.3) is 5.91 Å². The third-order valence-corrected chi connectivity index (χ3v) is 4.88. The number of amides is 1. The van der Waals surface area contributed by atoms with Gasteiger partial charge < -0.3 is 15.0 Å². The summed E-state index contributed by atoms with van der Waals surface area (Å²) in [7, 11) is 0.